The lowest BCUT2D eigenvalue weighted by atomic mass is 10.2. The van der Waals surface area contributed by atoms with Crippen LogP contribution in [0.25, 0.3) is 0 Å². The van der Waals surface area contributed by atoms with Crippen molar-refractivity contribution in [2.45, 2.75) is 19.4 Å². The number of amidine groups is 1. The summed E-state index contributed by atoms with van der Waals surface area (Å²) in [6.45, 7) is 5.25. The SMILES string of the molecule is CC(CC(N)=NO)NN1CCOCC1. The van der Waals surface area contributed by atoms with Crippen molar-refractivity contribution in [3.8, 4) is 0 Å². The lowest BCUT2D eigenvalue weighted by Crippen LogP contribution is -2.50. The Balaban J connectivity index is 2.21. The van der Waals surface area contributed by atoms with Crippen LogP contribution in [0.4, 0.5) is 0 Å². The van der Waals surface area contributed by atoms with Crippen molar-refractivity contribution in [3.63, 3.8) is 0 Å². The van der Waals surface area contributed by atoms with Gasteiger partial charge in [0, 0.05) is 25.6 Å². The molecule has 0 aromatic carbocycles. The fourth-order valence-corrected chi connectivity index (χ4v) is 1.40. The maximum atomic E-state index is 8.39. The Labute approximate surface area is 83.7 Å². The maximum Gasteiger partial charge on any atom is 0.140 e. The van der Waals surface area contributed by atoms with Gasteiger partial charge in [0.1, 0.15) is 5.84 Å². The first-order valence-corrected chi connectivity index (χ1v) is 4.77. The molecule has 1 atom stereocenters. The number of ether oxygens (including phenoxy) is 1. The number of oxime groups is 1. The molecule has 82 valence electrons. The average Bonchev–Trinajstić information content (AvgIpc) is 2.19. The number of nitrogens with zero attached hydrogens (tertiary/aromatic N) is 2. The van der Waals surface area contributed by atoms with E-state index in [0.29, 0.717) is 6.42 Å². The first kappa shape index (κ1) is 11.2. The second-order valence-electron chi connectivity index (χ2n) is 3.43. The van der Waals surface area contributed by atoms with Gasteiger partial charge in [-0.05, 0) is 6.92 Å². The Kier molecular flexibility index (Phi) is 4.64. The Morgan fingerprint density at radius 2 is 2.29 bits per heavy atom. The smallest absolute Gasteiger partial charge is 0.140 e. The fourth-order valence-electron chi connectivity index (χ4n) is 1.40. The largest absolute Gasteiger partial charge is 0.409 e. The van der Waals surface area contributed by atoms with Crippen molar-refractivity contribution in [3.05, 3.63) is 0 Å². The minimum Gasteiger partial charge on any atom is -0.409 e. The average molecular weight is 202 g/mol. The molecular weight excluding hydrogens is 184 g/mol. The Hall–Kier alpha value is -0.850. The van der Waals surface area contributed by atoms with Gasteiger partial charge in [-0.15, -0.1) is 0 Å². The minimum absolute atomic E-state index is 0.170. The summed E-state index contributed by atoms with van der Waals surface area (Å²) in [5.41, 5.74) is 8.66. The zero-order valence-electron chi connectivity index (χ0n) is 8.44. The van der Waals surface area contributed by atoms with Crippen LogP contribution in [0.5, 0.6) is 0 Å². The molecule has 6 nitrogen and oxygen atoms in total. The van der Waals surface area contributed by atoms with Crippen molar-refractivity contribution in [1.29, 1.82) is 0 Å². The van der Waals surface area contributed by atoms with E-state index in [0.717, 1.165) is 26.3 Å². The Morgan fingerprint density at radius 3 is 2.86 bits per heavy atom. The minimum atomic E-state index is 0.170. The van der Waals surface area contributed by atoms with Crippen molar-refractivity contribution < 1.29 is 9.94 Å². The van der Waals surface area contributed by atoms with E-state index in [1.807, 2.05) is 6.92 Å². The van der Waals surface area contributed by atoms with E-state index < -0.39 is 0 Å². The van der Waals surface area contributed by atoms with Crippen molar-refractivity contribution in [2.24, 2.45) is 10.9 Å². The predicted molar refractivity (Wildman–Crippen MR) is 53.0 cm³/mol. The van der Waals surface area contributed by atoms with Gasteiger partial charge in [0.05, 0.1) is 13.2 Å². The number of rotatable bonds is 4. The van der Waals surface area contributed by atoms with Gasteiger partial charge < -0.3 is 15.7 Å². The number of morpholine rings is 1. The standard InChI is InChI=1S/C8H18N4O2/c1-7(6-8(9)11-13)10-12-2-4-14-5-3-12/h7,10,13H,2-6H2,1H3,(H2,9,11). The molecule has 14 heavy (non-hydrogen) atoms. The van der Waals surface area contributed by atoms with E-state index in [9.17, 15) is 0 Å². The molecule has 0 aliphatic carbocycles. The normalized spacial score (nSPS) is 22.2. The molecule has 0 amide bonds. The summed E-state index contributed by atoms with van der Waals surface area (Å²) in [5.74, 6) is 0.248. The summed E-state index contributed by atoms with van der Waals surface area (Å²) >= 11 is 0. The highest BCUT2D eigenvalue weighted by atomic mass is 16.5. The number of nitrogens with one attached hydrogen (secondary N) is 1. The first-order valence-electron chi connectivity index (χ1n) is 4.77. The van der Waals surface area contributed by atoms with Gasteiger partial charge in [-0.25, -0.2) is 5.01 Å². The summed E-state index contributed by atoms with van der Waals surface area (Å²) in [6.07, 6.45) is 0.536. The van der Waals surface area contributed by atoms with E-state index >= 15 is 0 Å². The lowest BCUT2D eigenvalue weighted by Gasteiger charge is -2.30. The summed E-state index contributed by atoms with van der Waals surface area (Å²) in [5, 5.41) is 13.4. The second-order valence-corrected chi connectivity index (χ2v) is 3.43. The van der Waals surface area contributed by atoms with Crippen molar-refractivity contribution in [2.75, 3.05) is 26.3 Å². The van der Waals surface area contributed by atoms with Gasteiger partial charge in [0.25, 0.3) is 0 Å². The van der Waals surface area contributed by atoms with Crippen molar-refractivity contribution >= 4 is 5.84 Å². The molecule has 1 fully saturated rings. The summed E-state index contributed by atoms with van der Waals surface area (Å²) in [7, 11) is 0. The van der Waals surface area contributed by atoms with Crippen LogP contribution in [0.3, 0.4) is 0 Å². The summed E-state index contributed by atoms with van der Waals surface area (Å²) in [4.78, 5) is 0. The lowest BCUT2D eigenvalue weighted by molar-refractivity contribution is 0.00556. The number of hydrogen-bond acceptors (Lipinski definition) is 5. The summed E-state index contributed by atoms with van der Waals surface area (Å²) in [6, 6.07) is 0.170. The molecule has 0 radical (unpaired) electrons. The van der Waals surface area contributed by atoms with Crippen LogP contribution < -0.4 is 11.2 Å². The third-order valence-corrected chi connectivity index (χ3v) is 2.06. The quantitative estimate of drug-likeness (QED) is 0.244. The van der Waals surface area contributed by atoms with Gasteiger partial charge in [0.15, 0.2) is 0 Å². The van der Waals surface area contributed by atoms with Gasteiger partial charge in [0.2, 0.25) is 0 Å². The molecule has 0 bridgehead atoms. The van der Waals surface area contributed by atoms with Crippen LogP contribution >= 0.6 is 0 Å². The first-order chi connectivity index (χ1) is 6.72. The molecule has 0 aromatic heterocycles. The topological polar surface area (TPSA) is 83.1 Å². The monoisotopic (exact) mass is 202 g/mol. The van der Waals surface area contributed by atoms with E-state index in [-0.39, 0.29) is 11.9 Å². The third kappa shape index (κ3) is 3.91. The molecular formula is C8H18N4O2. The van der Waals surface area contributed by atoms with E-state index in [1.165, 1.54) is 0 Å². The molecule has 0 aromatic rings. The highest BCUT2D eigenvalue weighted by molar-refractivity contribution is 5.80. The van der Waals surface area contributed by atoms with Gasteiger partial charge in [-0.2, -0.15) is 0 Å². The van der Waals surface area contributed by atoms with Crippen LogP contribution in [-0.4, -0.2) is 48.4 Å². The summed E-state index contributed by atoms with van der Waals surface area (Å²) < 4.78 is 5.21. The van der Waals surface area contributed by atoms with Crippen molar-refractivity contribution in [1.82, 2.24) is 10.4 Å². The molecule has 1 heterocycles. The third-order valence-electron chi connectivity index (χ3n) is 2.06. The highest BCUT2D eigenvalue weighted by Gasteiger charge is 2.13. The molecule has 1 aliphatic rings. The fraction of sp³-hybridized carbons (Fsp3) is 0.875. The molecule has 0 spiro atoms. The molecule has 4 N–H and O–H groups in total. The van der Waals surface area contributed by atoms with Gasteiger partial charge in [-0.1, -0.05) is 5.16 Å². The van der Waals surface area contributed by atoms with E-state index in [4.69, 9.17) is 15.7 Å². The number of hydrazine groups is 1. The van der Waals surface area contributed by atoms with Gasteiger partial charge in [-0.3, -0.25) is 5.43 Å². The van der Waals surface area contributed by atoms with Crippen LogP contribution in [-0.2, 0) is 4.74 Å². The number of nitrogens with two attached hydrogens (primary N) is 1. The van der Waals surface area contributed by atoms with Crippen LogP contribution in [0, 0.1) is 0 Å². The molecule has 1 rings (SSSR count). The molecule has 0 saturated carbocycles. The second kappa shape index (κ2) is 5.79. The van der Waals surface area contributed by atoms with E-state index in [2.05, 4.69) is 15.6 Å². The zero-order chi connectivity index (χ0) is 10.4. The Morgan fingerprint density at radius 1 is 1.64 bits per heavy atom. The molecule has 6 heteroatoms. The molecule has 1 unspecified atom stereocenters. The van der Waals surface area contributed by atoms with Crippen LogP contribution in [0.2, 0.25) is 0 Å². The molecule has 1 saturated heterocycles. The number of hydrogen-bond donors (Lipinski definition) is 3. The Bertz CT molecular complexity index is 192. The molecule has 1 aliphatic heterocycles. The van der Waals surface area contributed by atoms with E-state index in [1.54, 1.807) is 0 Å². The highest BCUT2D eigenvalue weighted by Crippen LogP contribution is 1.97. The predicted octanol–water partition coefficient (Wildman–Crippen LogP) is -0.652. The van der Waals surface area contributed by atoms with Gasteiger partial charge >= 0.3 is 0 Å². The van der Waals surface area contributed by atoms with Crippen LogP contribution in [0.15, 0.2) is 5.16 Å². The van der Waals surface area contributed by atoms with Crippen LogP contribution in [0.1, 0.15) is 13.3 Å². The maximum absolute atomic E-state index is 8.39. The zero-order valence-corrected chi connectivity index (χ0v) is 8.44.